The Bertz CT molecular complexity index is 963. The second kappa shape index (κ2) is 10.2. The van der Waals surface area contributed by atoms with Crippen LogP contribution < -0.4 is 0 Å². The standard InChI is InChI=1S/C23H31F5N2O3S/c1-2-17-34(32,33)30-15-13-29(14-16-30)21(9-11-22(24,25)12-10-21)8-7-20(31)18-5-3-4-6-19(18)23(26,27)28/h3-6H,2,7-17H2,1H3. The first kappa shape index (κ1) is 27.0. The molecule has 3 rings (SSSR count). The number of hydrogen-bond acceptors (Lipinski definition) is 4. The van der Waals surface area contributed by atoms with Crippen LogP contribution in [0.5, 0.6) is 0 Å². The lowest BCUT2D eigenvalue weighted by molar-refractivity contribution is -0.137. The molecule has 2 aliphatic rings. The molecule has 5 nitrogen and oxygen atoms in total. The minimum atomic E-state index is -4.67. The summed E-state index contributed by atoms with van der Waals surface area (Å²) in [5.41, 5.74) is -2.19. The zero-order valence-electron chi connectivity index (χ0n) is 19.2. The highest BCUT2D eigenvalue weighted by Crippen LogP contribution is 2.45. The molecule has 0 N–H and O–H groups in total. The van der Waals surface area contributed by atoms with Gasteiger partial charge in [-0.05, 0) is 31.7 Å². The highest BCUT2D eigenvalue weighted by atomic mass is 32.2. The predicted molar refractivity (Wildman–Crippen MR) is 118 cm³/mol. The molecule has 1 aliphatic carbocycles. The fraction of sp³-hybridized carbons (Fsp3) is 0.696. The van der Waals surface area contributed by atoms with Gasteiger partial charge in [0.25, 0.3) is 0 Å². The van der Waals surface area contributed by atoms with Gasteiger partial charge in [0.15, 0.2) is 5.78 Å². The molecule has 2 fully saturated rings. The van der Waals surface area contributed by atoms with E-state index < -0.39 is 44.6 Å². The molecular formula is C23H31F5N2O3S. The number of nitrogens with zero attached hydrogens (tertiary/aromatic N) is 2. The van der Waals surface area contributed by atoms with E-state index in [0.29, 0.717) is 19.5 Å². The Morgan fingerprint density at radius 3 is 2.15 bits per heavy atom. The highest BCUT2D eigenvalue weighted by Gasteiger charge is 2.47. The van der Waals surface area contributed by atoms with E-state index in [9.17, 15) is 35.2 Å². The van der Waals surface area contributed by atoms with Crippen LogP contribution in [0.3, 0.4) is 0 Å². The zero-order valence-corrected chi connectivity index (χ0v) is 20.0. The van der Waals surface area contributed by atoms with E-state index >= 15 is 0 Å². The predicted octanol–water partition coefficient (Wildman–Crippen LogP) is 4.97. The molecule has 11 heteroatoms. The van der Waals surface area contributed by atoms with Crippen LogP contribution in [0.2, 0.25) is 0 Å². The first-order valence-electron chi connectivity index (χ1n) is 11.6. The van der Waals surface area contributed by atoms with Crippen molar-refractivity contribution < 1.29 is 35.2 Å². The second-order valence-electron chi connectivity index (χ2n) is 9.25. The molecule has 0 atom stereocenters. The molecule has 192 valence electrons. The molecule has 0 bridgehead atoms. The van der Waals surface area contributed by atoms with Crippen LogP contribution in [0.4, 0.5) is 22.0 Å². The van der Waals surface area contributed by atoms with Gasteiger partial charge in [0, 0.05) is 56.5 Å². The Hall–Kier alpha value is -1.59. The summed E-state index contributed by atoms with van der Waals surface area (Å²) in [5.74, 6) is -3.45. The molecule has 0 radical (unpaired) electrons. The van der Waals surface area contributed by atoms with Gasteiger partial charge in [0.2, 0.25) is 15.9 Å². The number of alkyl halides is 5. The Kier molecular flexibility index (Phi) is 8.09. The third kappa shape index (κ3) is 6.15. The normalized spacial score (nSPS) is 21.9. The maximum absolute atomic E-state index is 14.0. The van der Waals surface area contributed by atoms with Gasteiger partial charge in [-0.1, -0.05) is 25.1 Å². The summed E-state index contributed by atoms with van der Waals surface area (Å²) < 4.78 is 94.2. The Morgan fingerprint density at radius 2 is 1.59 bits per heavy atom. The van der Waals surface area contributed by atoms with E-state index in [0.717, 1.165) is 12.1 Å². The number of carbonyl (C=O) groups is 1. The summed E-state index contributed by atoms with van der Waals surface area (Å²) in [6, 6.07) is 4.59. The van der Waals surface area contributed by atoms with Gasteiger partial charge in [0.05, 0.1) is 11.3 Å². The molecule has 0 amide bonds. The zero-order chi connectivity index (χ0) is 25.2. The van der Waals surface area contributed by atoms with E-state index in [1.807, 2.05) is 4.90 Å². The van der Waals surface area contributed by atoms with Crippen molar-refractivity contribution in [2.24, 2.45) is 0 Å². The second-order valence-corrected chi connectivity index (χ2v) is 11.3. The van der Waals surface area contributed by atoms with E-state index in [-0.39, 0.29) is 57.4 Å². The Morgan fingerprint density at radius 1 is 1.00 bits per heavy atom. The number of hydrogen-bond donors (Lipinski definition) is 0. The average molecular weight is 511 g/mol. The van der Waals surface area contributed by atoms with E-state index in [2.05, 4.69) is 0 Å². The van der Waals surface area contributed by atoms with Crippen molar-refractivity contribution in [3.8, 4) is 0 Å². The van der Waals surface area contributed by atoms with Gasteiger partial charge in [-0.3, -0.25) is 9.69 Å². The number of ketones is 1. The third-order valence-corrected chi connectivity index (χ3v) is 9.10. The van der Waals surface area contributed by atoms with Crippen molar-refractivity contribution in [3.05, 3.63) is 35.4 Å². The van der Waals surface area contributed by atoms with Gasteiger partial charge in [-0.25, -0.2) is 17.2 Å². The summed E-state index contributed by atoms with van der Waals surface area (Å²) in [7, 11) is -3.38. The van der Waals surface area contributed by atoms with Crippen LogP contribution in [0.1, 0.15) is 67.8 Å². The summed E-state index contributed by atoms with van der Waals surface area (Å²) in [6.07, 6.45) is -4.75. The van der Waals surface area contributed by atoms with Crippen molar-refractivity contribution in [1.82, 2.24) is 9.21 Å². The van der Waals surface area contributed by atoms with Crippen molar-refractivity contribution in [2.75, 3.05) is 31.9 Å². The van der Waals surface area contributed by atoms with Crippen molar-refractivity contribution >= 4 is 15.8 Å². The van der Waals surface area contributed by atoms with Crippen LogP contribution in [0, 0.1) is 0 Å². The van der Waals surface area contributed by atoms with E-state index in [1.165, 1.54) is 16.4 Å². The fourth-order valence-corrected chi connectivity index (χ4v) is 6.58. The molecule has 1 aromatic carbocycles. The van der Waals surface area contributed by atoms with Crippen molar-refractivity contribution in [1.29, 1.82) is 0 Å². The number of Topliss-reactive ketones (excluding diaryl/α,β-unsaturated/α-hetero) is 1. The molecule has 1 saturated carbocycles. The van der Waals surface area contributed by atoms with Gasteiger partial charge < -0.3 is 0 Å². The number of rotatable bonds is 8. The number of piperazine rings is 1. The van der Waals surface area contributed by atoms with Crippen molar-refractivity contribution in [2.45, 2.75) is 69.5 Å². The first-order valence-corrected chi connectivity index (χ1v) is 13.2. The smallest absolute Gasteiger partial charge is 0.295 e. The van der Waals surface area contributed by atoms with E-state index in [1.54, 1.807) is 6.92 Å². The lowest BCUT2D eigenvalue weighted by atomic mass is 9.74. The molecule has 1 heterocycles. The summed E-state index contributed by atoms with van der Waals surface area (Å²) >= 11 is 0. The van der Waals surface area contributed by atoms with Crippen LogP contribution in [0.15, 0.2) is 24.3 Å². The van der Waals surface area contributed by atoms with Crippen LogP contribution in [0.25, 0.3) is 0 Å². The summed E-state index contributed by atoms with van der Waals surface area (Å²) in [4.78, 5) is 14.8. The number of carbonyl (C=O) groups excluding carboxylic acids is 1. The van der Waals surface area contributed by atoms with Gasteiger partial charge in [-0.15, -0.1) is 0 Å². The number of halogens is 5. The Labute approximate surface area is 197 Å². The largest absolute Gasteiger partial charge is 0.417 e. The molecule has 0 unspecified atom stereocenters. The number of benzene rings is 1. The fourth-order valence-electron chi connectivity index (χ4n) is 5.09. The average Bonchev–Trinajstić information content (AvgIpc) is 2.78. The maximum Gasteiger partial charge on any atom is 0.417 e. The molecule has 0 aromatic heterocycles. The van der Waals surface area contributed by atoms with Crippen molar-refractivity contribution in [3.63, 3.8) is 0 Å². The molecule has 1 aliphatic heterocycles. The quantitative estimate of drug-likeness (QED) is 0.366. The summed E-state index contributed by atoms with van der Waals surface area (Å²) in [5, 5.41) is 0. The highest BCUT2D eigenvalue weighted by molar-refractivity contribution is 7.89. The minimum Gasteiger partial charge on any atom is -0.295 e. The minimum absolute atomic E-state index is 0.0392. The first-order chi connectivity index (χ1) is 15.8. The lowest BCUT2D eigenvalue weighted by Crippen LogP contribution is -2.60. The monoisotopic (exact) mass is 510 g/mol. The molecular weight excluding hydrogens is 479 g/mol. The molecule has 0 spiro atoms. The van der Waals surface area contributed by atoms with Crippen LogP contribution in [-0.2, 0) is 16.2 Å². The van der Waals surface area contributed by atoms with Gasteiger partial charge in [-0.2, -0.15) is 17.5 Å². The van der Waals surface area contributed by atoms with Crippen LogP contribution >= 0.6 is 0 Å². The topological polar surface area (TPSA) is 57.7 Å². The third-order valence-electron chi connectivity index (χ3n) is 7.03. The van der Waals surface area contributed by atoms with E-state index in [4.69, 9.17) is 0 Å². The molecule has 34 heavy (non-hydrogen) atoms. The molecule has 1 saturated heterocycles. The van der Waals surface area contributed by atoms with Gasteiger partial charge in [0.1, 0.15) is 0 Å². The lowest BCUT2D eigenvalue weighted by Gasteiger charge is -2.51. The molecule has 1 aromatic rings. The van der Waals surface area contributed by atoms with Gasteiger partial charge >= 0.3 is 6.18 Å². The maximum atomic E-state index is 14.0. The summed E-state index contributed by atoms with van der Waals surface area (Å²) in [6.45, 7) is 2.90. The SMILES string of the molecule is CCCS(=O)(=O)N1CCN(C2(CCC(=O)c3ccccc3C(F)(F)F)CCC(F)(F)CC2)CC1. The number of sulfonamides is 1. The van der Waals surface area contributed by atoms with Crippen LogP contribution in [-0.4, -0.2) is 66.8 Å². The Balaban J connectivity index is 1.76.